The van der Waals surface area contributed by atoms with Crippen molar-refractivity contribution >= 4 is 22.2 Å². The first-order valence-electron chi connectivity index (χ1n) is 6.35. The summed E-state index contributed by atoms with van der Waals surface area (Å²) in [5.41, 5.74) is -0.338. The lowest BCUT2D eigenvalue weighted by Crippen LogP contribution is -2.41. The number of carbonyl (C=O) groups excluding carboxylic acids is 1. The molecule has 0 aromatic carbocycles. The lowest BCUT2D eigenvalue weighted by atomic mass is 10.2. The summed E-state index contributed by atoms with van der Waals surface area (Å²) in [6, 6.07) is -0.0982. The molecule has 2 aromatic rings. The molecule has 0 unspecified atom stereocenters. The normalized spacial score (nSPS) is 11.2. The number of fused-ring (bicyclic) bond motifs is 1. The molecule has 0 saturated heterocycles. The van der Waals surface area contributed by atoms with E-state index in [1.807, 2.05) is 20.8 Å². The lowest BCUT2D eigenvalue weighted by Gasteiger charge is -2.25. The fourth-order valence-corrected chi connectivity index (χ4v) is 2.78. The number of rotatable bonds is 4. The number of nitrogens with zero attached hydrogens (tertiary/aromatic N) is 3. The molecule has 0 aliphatic carbocycles. The SMILES string of the molecule is Cc1cn2c(=O)c(C(=O)N(CCO)C(C)C)cnc2s1. The third kappa shape index (κ3) is 2.59. The van der Waals surface area contributed by atoms with Crippen molar-refractivity contribution in [2.75, 3.05) is 13.2 Å². The molecule has 0 aliphatic rings. The molecule has 0 aliphatic heterocycles. The maximum atomic E-state index is 12.4. The quantitative estimate of drug-likeness (QED) is 0.909. The highest BCUT2D eigenvalue weighted by molar-refractivity contribution is 7.16. The van der Waals surface area contributed by atoms with Crippen molar-refractivity contribution in [1.82, 2.24) is 14.3 Å². The predicted octanol–water partition coefficient (Wildman–Crippen LogP) is 0.907. The highest BCUT2D eigenvalue weighted by atomic mass is 32.1. The Morgan fingerprint density at radius 2 is 2.25 bits per heavy atom. The second-order valence-electron chi connectivity index (χ2n) is 4.79. The van der Waals surface area contributed by atoms with Crippen LogP contribution in [0.4, 0.5) is 0 Å². The average Bonchev–Trinajstić information content (AvgIpc) is 2.77. The Hall–Kier alpha value is -1.73. The molecule has 0 saturated carbocycles. The van der Waals surface area contributed by atoms with Gasteiger partial charge in [0.15, 0.2) is 4.96 Å². The Labute approximate surface area is 120 Å². The fraction of sp³-hybridized carbons (Fsp3) is 0.462. The first-order valence-corrected chi connectivity index (χ1v) is 7.17. The molecule has 108 valence electrons. The van der Waals surface area contributed by atoms with Gasteiger partial charge in [-0.3, -0.25) is 14.0 Å². The Morgan fingerprint density at radius 3 is 2.85 bits per heavy atom. The molecule has 2 rings (SSSR count). The second-order valence-corrected chi connectivity index (χ2v) is 6.00. The van der Waals surface area contributed by atoms with Gasteiger partial charge >= 0.3 is 0 Å². The van der Waals surface area contributed by atoms with Crippen LogP contribution in [0.2, 0.25) is 0 Å². The molecular formula is C13H17N3O3S. The zero-order chi connectivity index (χ0) is 14.9. The van der Waals surface area contributed by atoms with Crippen LogP contribution >= 0.6 is 11.3 Å². The minimum atomic E-state index is -0.398. The molecule has 20 heavy (non-hydrogen) atoms. The molecule has 0 fully saturated rings. The number of thiazole rings is 1. The van der Waals surface area contributed by atoms with Gasteiger partial charge in [0.25, 0.3) is 11.5 Å². The van der Waals surface area contributed by atoms with Crippen LogP contribution in [0.1, 0.15) is 29.1 Å². The Balaban J connectivity index is 2.49. The summed E-state index contributed by atoms with van der Waals surface area (Å²) in [7, 11) is 0. The van der Waals surface area contributed by atoms with Gasteiger partial charge in [-0.25, -0.2) is 4.98 Å². The van der Waals surface area contributed by atoms with Crippen molar-refractivity contribution in [2.45, 2.75) is 26.8 Å². The van der Waals surface area contributed by atoms with Gasteiger partial charge < -0.3 is 10.0 Å². The van der Waals surface area contributed by atoms with E-state index in [0.717, 1.165) is 4.88 Å². The van der Waals surface area contributed by atoms with E-state index in [9.17, 15) is 9.59 Å². The highest BCUT2D eigenvalue weighted by Crippen LogP contribution is 2.13. The second kappa shape index (κ2) is 5.72. The van der Waals surface area contributed by atoms with Gasteiger partial charge in [0.05, 0.1) is 6.61 Å². The van der Waals surface area contributed by atoms with Crippen LogP contribution in [0.3, 0.4) is 0 Å². The number of aliphatic hydroxyl groups excluding tert-OH is 1. The van der Waals surface area contributed by atoms with Gasteiger partial charge in [-0.05, 0) is 20.8 Å². The van der Waals surface area contributed by atoms with Crippen LogP contribution in [0, 0.1) is 6.92 Å². The Kier molecular flexibility index (Phi) is 4.20. The van der Waals surface area contributed by atoms with E-state index in [1.54, 1.807) is 6.20 Å². The molecular weight excluding hydrogens is 278 g/mol. The summed E-state index contributed by atoms with van der Waals surface area (Å²) in [6.07, 6.45) is 3.00. The standard InChI is InChI=1S/C13H17N3O3S/c1-8(2)15(4-5-17)11(18)10-6-14-13-16(12(10)19)7-9(3)20-13/h6-8,17H,4-5H2,1-3H3. The smallest absolute Gasteiger partial charge is 0.271 e. The maximum Gasteiger partial charge on any atom is 0.271 e. The van der Waals surface area contributed by atoms with Gasteiger partial charge in [-0.2, -0.15) is 0 Å². The van der Waals surface area contributed by atoms with Crippen LogP contribution < -0.4 is 5.56 Å². The van der Waals surface area contributed by atoms with E-state index in [1.165, 1.54) is 26.8 Å². The molecule has 0 atom stereocenters. The molecule has 2 aromatic heterocycles. The number of aliphatic hydroxyl groups is 1. The molecule has 1 amide bonds. The van der Waals surface area contributed by atoms with Crippen molar-refractivity contribution < 1.29 is 9.90 Å². The monoisotopic (exact) mass is 295 g/mol. The number of aromatic nitrogens is 2. The topological polar surface area (TPSA) is 74.9 Å². The largest absolute Gasteiger partial charge is 0.395 e. The molecule has 1 N–H and O–H groups in total. The zero-order valence-corrected chi connectivity index (χ0v) is 12.5. The van der Waals surface area contributed by atoms with Gasteiger partial charge in [-0.1, -0.05) is 0 Å². The van der Waals surface area contributed by atoms with Crippen molar-refractivity contribution in [1.29, 1.82) is 0 Å². The van der Waals surface area contributed by atoms with Gasteiger partial charge in [-0.15, -0.1) is 11.3 Å². The third-order valence-corrected chi connectivity index (χ3v) is 3.89. The summed E-state index contributed by atoms with van der Waals surface area (Å²) in [5, 5.41) is 9.03. The zero-order valence-electron chi connectivity index (χ0n) is 11.7. The molecule has 7 heteroatoms. The minimum absolute atomic E-state index is 0.0300. The summed E-state index contributed by atoms with van der Waals surface area (Å²) < 4.78 is 1.39. The lowest BCUT2D eigenvalue weighted by molar-refractivity contribution is 0.0663. The summed E-state index contributed by atoms with van der Waals surface area (Å²) in [4.78, 5) is 31.9. The van der Waals surface area contributed by atoms with Crippen LogP contribution in [0.5, 0.6) is 0 Å². The number of amides is 1. The van der Waals surface area contributed by atoms with Crippen molar-refractivity contribution in [3.05, 3.63) is 33.2 Å². The molecule has 6 nitrogen and oxygen atoms in total. The Bertz CT molecular complexity index is 690. The van der Waals surface area contributed by atoms with Crippen molar-refractivity contribution in [3.8, 4) is 0 Å². The molecule has 0 radical (unpaired) electrons. The number of hydrogen-bond donors (Lipinski definition) is 1. The average molecular weight is 295 g/mol. The van der Waals surface area contributed by atoms with E-state index in [0.29, 0.717) is 4.96 Å². The van der Waals surface area contributed by atoms with E-state index >= 15 is 0 Å². The fourth-order valence-electron chi connectivity index (χ4n) is 2.00. The predicted molar refractivity (Wildman–Crippen MR) is 77.3 cm³/mol. The van der Waals surface area contributed by atoms with Gasteiger partial charge in [0, 0.05) is 29.9 Å². The molecule has 0 bridgehead atoms. The first kappa shape index (κ1) is 14.7. The van der Waals surface area contributed by atoms with E-state index in [4.69, 9.17) is 5.11 Å². The van der Waals surface area contributed by atoms with Crippen LogP contribution in [0.15, 0.2) is 17.2 Å². The van der Waals surface area contributed by atoms with Crippen LogP contribution in [0.25, 0.3) is 4.96 Å². The molecule has 0 spiro atoms. The highest BCUT2D eigenvalue weighted by Gasteiger charge is 2.22. The molecule has 2 heterocycles. The van der Waals surface area contributed by atoms with Crippen LogP contribution in [-0.2, 0) is 0 Å². The number of carbonyl (C=O) groups is 1. The third-order valence-electron chi connectivity index (χ3n) is 2.98. The number of aryl methyl sites for hydroxylation is 1. The van der Waals surface area contributed by atoms with Gasteiger partial charge in [0.2, 0.25) is 0 Å². The summed E-state index contributed by atoms with van der Waals surface area (Å²) in [6.45, 7) is 5.62. The Morgan fingerprint density at radius 1 is 1.55 bits per heavy atom. The number of hydrogen-bond acceptors (Lipinski definition) is 5. The first-order chi connectivity index (χ1) is 9.45. The van der Waals surface area contributed by atoms with E-state index in [2.05, 4.69) is 4.98 Å². The van der Waals surface area contributed by atoms with E-state index < -0.39 is 5.91 Å². The van der Waals surface area contributed by atoms with E-state index in [-0.39, 0.29) is 30.3 Å². The maximum absolute atomic E-state index is 12.4. The summed E-state index contributed by atoms with van der Waals surface area (Å²) in [5.74, 6) is -0.398. The van der Waals surface area contributed by atoms with Gasteiger partial charge in [0.1, 0.15) is 5.56 Å². The minimum Gasteiger partial charge on any atom is -0.395 e. The summed E-state index contributed by atoms with van der Waals surface area (Å²) >= 11 is 1.40. The van der Waals surface area contributed by atoms with Crippen molar-refractivity contribution in [2.24, 2.45) is 0 Å². The van der Waals surface area contributed by atoms with Crippen molar-refractivity contribution in [3.63, 3.8) is 0 Å². The van der Waals surface area contributed by atoms with Crippen LogP contribution in [-0.4, -0.2) is 44.5 Å².